The highest BCUT2D eigenvalue weighted by molar-refractivity contribution is 6.64. The minimum Gasteiger partial charge on any atom is -0.429 e. The van der Waals surface area contributed by atoms with Gasteiger partial charge >= 0.3 is 0 Å². The predicted molar refractivity (Wildman–Crippen MR) is 169 cm³/mol. The largest absolute Gasteiger partial charge is 0.429 e. The maximum Gasteiger partial charge on any atom is 0.214 e. The van der Waals surface area contributed by atoms with Gasteiger partial charge in [-0.25, -0.2) is 0 Å². The number of hydrogen-bond acceptors (Lipinski definition) is 1. The van der Waals surface area contributed by atoms with Crippen molar-refractivity contribution in [2.75, 3.05) is 11.4 Å². The van der Waals surface area contributed by atoms with Crippen molar-refractivity contribution in [3.8, 4) is 11.2 Å². The number of aromatic nitrogens is 2. The van der Waals surface area contributed by atoms with Gasteiger partial charge in [-0.15, -0.1) is 0 Å². The van der Waals surface area contributed by atoms with E-state index in [2.05, 4.69) is 101 Å². The Morgan fingerprint density at radius 2 is 1.20 bits per heavy atom. The van der Waals surface area contributed by atoms with Crippen molar-refractivity contribution < 1.29 is 4.47 Å². The maximum atomic E-state index is 3.02. The summed E-state index contributed by atoms with van der Waals surface area (Å²) in [5.41, 5.74) is 13.3. The average molecular weight is 536 g/mol. The van der Waals surface area contributed by atoms with Gasteiger partial charge < -0.3 is 9.37 Å². The molecule has 3 nitrogen and oxygen atoms in total. The van der Waals surface area contributed by atoms with Crippen LogP contribution in [0, 0.1) is 59.3 Å². The quantitative estimate of drug-likeness (QED) is 0.335. The third-order valence-electron chi connectivity index (χ3n) is 11.2. The topological polar surface area (TPSA) is 12.0 Å². The SMILES string of the molecule is Cc1cc(C)c(-[b-]2c3n(c(C(C)(C)C)[n+]2-c2c(C)cc(C)cc2C)CCN3C23CC4CC(CC(C4)C2)C3)c(C)c1. The zero-order valence-corrected chi connectivity index (χ0v) is 26.6. The fraction of sp³-hybridized carbons (Fsp3) is 0.611. The molecule has 212 valence electrons. The Morgan fingerprint density at radius 1 is 0.725 bits per heavy atom. The summed E-state index contributed by atoms with van der Waals surface area (Å²) in [6, 6.07) is 9.66. The van der Waals surface area contributed by atoms with Crippen molar-refractivity contribution in [1.29, 1.82) is 0 Å². The van der Waals surface area contributed by atoms with E-state index in [0.717, 1.165) is 24.3 Å². The third-order valence-corrected chi connectivity index (χ3v) is 11.2. The molecule has 0 unspecified atom stereocenters. The van der Waals surface area contributed by atoms with E-state index in [4.69, 9.17) is 0 Å². The van der Waals surface area contributed by atoms with Gasteiger partial charge in [-0.3, -0.25) is 4.57 Å². The van der Waals surface area contributed by atoms with Crippen LogP contribution in [0.15, 0.2) is 24.3 Å². The second-order valence-corrected chi connectivity index (χ2v) is 15.7. The molecule has 4 bridgehead atoms. The minimum atomic E-state index is 0.0216. The molecule has 4 saturated carbocycles. The standard InChI is InChI=1S/C36H50BN3/c1-22-12-24(3)31(25(4)13-22)37-34-38(10-11-39(34)36-19-28-16-29(20-36)18-30(17-28)21-36)33(35(7,8)9)40(37)32-26(5)14-23(2)15-27(32)6/h12-15,28-30H,10-11,16-21H2,1-9H3. The monoisotopic (exact) mass is 535 g/mol. The van der Waals surface area contributed by atoms with Gasteiger partial charge in [0.15, 0.2) is 6.49 Å². The van der Waals surface area contributed by atoms with Crippen molar-refractivity contribution in [2.45, 2.75) is 118 Å². The number of fused-ring (bicyclic) bond motifs is 1. The highest BCUT2D eigenvalue weighted by atomic mass is 15.4. The highest BCUT2D eigenvalue weighted by Gasteiger charge is 2.55. The van der Waals surface area contributed by atoms with Gasteiger partial charge in [0.05, 0.1) is 17.6 Å². The van der Waals surface area contributed by atoms with Gasteiger partial charge in [0, 0.05) is 11.3 Å². The lowest BCUT2D eigenvalue weighted by Gasteiger charge is -2.60. The molecule has 0 N–H and O–H groups in total. The lowest BCUT2D eigenvalue weighted by Crippen LogP contribution is -2.61. The Labute approximate surface area is 243 Å². The van der Waals surface area contributed by atoms with Crippen molar-refractivity contribution in [3.63, 3.8) is 0 Å². The van der Waals surface area contributed by atoms with Crippen LogP contribution in [0.25, 0.3) is 11.2 Å². The van der Waals surface area contributed by atoms with E-state index in [1.165, 1.54) is 95.4 Å². The van der Waals surface area contributed by atoms with Crippen LogP contribution in [-0.4, -0.2) is 23.1 Å². The van der Waals surface area contributed by atoms with Crippen LogP contribution in [0.5, 0.6) is 0 Å². The Bertz CT molecular complexity index is 1450. The molecule has 1 aliphatic heterocycles. The summed E-state index contributed by atoms with van der Waals surface area (Å²) >= 11 is 0. The second-order valence-electron chi connectivity index (χ2n) is 15.7. The Hall–Kier alpha value is -2.36. The van der Waals surface area contributed by atoms with Gasteiger partial charge in [0.2, 0.25) is 5.82 Å². The first kappa shape index (κ1) is 26.5. The van der Waals surface area contributed by atoms with E-state index < -0.39 is 0 Å². The Balaban J connectivity index is 1.58. The van der Waals surface area contributed by atoms with E-state index in [-0.39, 0.29) is 11.9 Å². The molecule has 2 heterocycles. The Kier molecular flexibility index (Phi) is 5.85. The summed E-state index contributed by atoms with van der Waals surface area (Å²) in [4.78, 5) is 3.02. The van der Waals surface area contributed by atoms with E-state index in [0.29, 0.717) is 5.54 Å². The molecule has 3 aromatic rings. The number of nitrogens with zero attached hydrogens (tertiary/aromatic N) is 3. The molecular weight excluding hydrogens is 485 g/mol. The molecule has 40 heavy (non-hydrogen) atoms. The highest BCUT2D eigenvalue weighted by Crippen LogP contribution is 2.59. The lowest BCUT2D eigenvalue weighted by atomic mass is 9.52. The second kappa shape index (κ2) is 8.82. The molecule has 0 atom stereocenters. The molecule has 5 aliphatic rings. The first-order valence-electron chi connectivity index (χ1n) is 16.1. The normalized spacial score (nSPS) is 27.1. The molecule has 0 spiro atoms. The van der Waals surface area contributed by atoms with Gasteiger partial charge in [-0.1, -0.05) is 46.5 Å². The van der Waals surface area contributed by atoms with Crippen LogP contribution < -0.4 is 9.37 Å². The van der Waals surface area contributed by atoms with E-state index >= 15 is 0 Å². The third kappa shape index (κ3) is 3.83. The first-order valence-corrected chi connectivity index (χ1v) is 16.1. The fourth-order valence-electron chi connectivity index (χ4n) is 10.8. The molecule has 0 radical (unpaired) electrons. The minimum absolute atomic E-state index is 0.0216. The molecule has 8 rings (SSSR count). The van der Waals surface area contributed by atoms with Crippen LogP contribution in [0.2, 0.25) is 0 Å². The van der Waals surface area contributed by atoms with Crippen molar-refractivity contribution in [1.82, 2.24) is 4.57 Å². The summed E-state index contributed by atoms with van der Waals surface area (Å²) in [5.74, 6) is 4.35. The average Bonchev–Trinajstić information content (AvgIpc) is 3.36. The van der Waals surface area contributed by atoms with Gasteiger partial charge in [-0.05, 0) is 130 Å². The predicted octanol–water partition coefficient (Wildman–Crippen LogP) is 7.72. The molecule has 1 aromatic heterocycles. The van der Waals surface area contributed by atoms with E-state index in [9.17, 15) is 0 Å². The van der Waals surface area contributed by atoms with Crippen LogP contribution >= 0.6 is 0 Å². The van der Waals surface area contributed by atoms with E-state index in [1.807, 2.05) is 0 Å². The summed E-state index contributed by atoms with van der Waals surface area (Å²) < 4.78 is 5.62. The van der Waals surface area contributed by atoms with E-state index in [1.54, 1.807) is 5.71 Å². The van der Waals surface area contributed by atoms with Gasteiger partial charge in [0.1, 0.15) is 6.54 Å². The van der Waals surface area contributed by atoms with Crippen molar-refractivity contribution in [2.24, 2.45) is 17.8 Å². The summed E-state index contributed by atoms with van der Waals surface area (Å²) in [6.07, 6.45) is 8.75. The Morgan fingerprint density at radius 3 is 1.68 bits per heavy atom. The van der Waals surface area contributed by atoms with Crippen LogP contribution in [0.4, 0.5) is 5.71 Å². The smallest absolute Gasteiger partial charge is 0.214 e. The van der Waals surface area contributed by atoms with Crippen molar-refractivity contribution in [3.05, 3.63) is 63.5 Å². The molecule has 2 aromatic carbocycles. The molecule has 4 aliphatic carbocycles. The number of anilines is 1. The summed E-state index contributed by atoms with van der Waals surface area (Å²) in [6.45, 7) is 23.8. The molecular formula is C36H50BN3. The summed E-state index contributed by atoms with van der Waals surface area (Å²) in [5, 5.41) is 0. The zero-order valence-electron chi connectivity index (χ0n) is 26.6. The molecule has 0 saturated heterocycles. The molecule has 0 amide bonds. The van der Waals surface area contributed by atoms with Crippen LogP contribution in [-0.2, 0) is 12.0 Å². The molecule has 4 heteroatoms. The fourth-order valence-corrected chi connectivity index (χ4v) is 10.8. The summed E-state index contributed by atoms with van der Waals surface area (Å²) in [7, 11) is 0. The number of hydrogen-bond donors (Lipinski definition) is 0. The number of rotatable bonds is 3. The molecule has 4 fully saturated rings. The number of aryl methyl sites for hydroxylation is 6. The van der Waals surface area contributed by atoms with Gasteiger partial charge in [-0.2, -0.15) is 5.46 Å². The zero-order chi connectivity index (χ0) is 28.3. The van der Waals surface area contributed by atoms with Crippen LogP contribution in [0.1, 0.15) is 98.5 Å². The maximum absolute atomic E-state index is 3.02. The first-order chi connectivity index (χ1) is 18.9. The lowest BCUT2D eigenvalue weighted by molar-refractivity contribution is -0.556. The van der Waals surface area contributed by atoms with Crippen LogP contribution in [0.3, 0.4) is 0 Å². The van der Waals surface area contributed by atoms with Gasteiger partial charge in [0.25, 0.3) is 0 Å². The van der Waals surface area contributed by atoms with Crippen molar-refractivity contribution >= 4 is 12.2 Å². The number of benzene rings is 2.